The second-order valence-corrected chi connectivity index (χ2v) is 9.96. The van der Waals surface area contributed by atoms with E-state index in [2.05, 4.69) is 5.32 Å². The Hall–Kier alpha value is -2.67. The quantitative estimate of drug-likeness (QED) is 0.538. The Bertz CT molecular complexity index is 1190. The van der Waals surface area contributed by atoms with E-state index >= 15 is 0 Å². The van der Waals surface area contributed by atoms with Crippen molar-refractivity contribution in [1.29, 1.82) is 0 Å². The number of anilines is 1. The van der Waals surface area contributed by atoms with Crippen LogP contribution in [0.3, 0.4) is 0 Å². The van der Waals surface area contributed by atoms with Crippen LogP contribution >= 0.6 is 11.6 Å². The average molecular weight is 457 g/mol. The lowest BCUT2D eigenvalue weighted by atomic mass is 10.1. The van der Waals surface area contributed by atoms with Gasteiger partial charge in [-0.2, -0.15) is 4.31 Å². The van der Waals surface area contributed by atoms with E-state index in [1.165, 1.54) is 4.31 Å². The fourth-order valence-corrected chi connectivity index (χ4v) is 4.73. The molecule has 0 aliphatic rings. The maximum Gasteiger partial charge on any atom is 0.243 e. The fourth-order valence-electron chi connectivity index (χ4n) is 3.18. The van der Waals surface area contributed by atoms with Gasteiger partial charge in [-0.1, -0.05) is 65.2 Å². The molecule has 0 bridgehead atoms. The zero-order valence-corrected chi connectivity index (χ0v) is 19.3. The van der Waals surface area contributed by atoms with E-state index in [9.17, 15) is 13.2 Å². The molecule has 3 aromatic carbocycles. The molecule has 1 amide bonds. The van der Waals surface area contributed by atoms with Gasteiger partial charge >= 0.3 is 0 Å². The summed E-state index contributed by atoms with van der Waals surface area (Å²) in [6, 6.07) is 19.4. The number of benzene rings is 3. The number of hydrogen-bond donors (Lipinski definition) is 1. The summed E-state index contributed by atoms with van der Waals surface area (Å²) in [6.07, 6.45) is 0. The van der Waals surface area contributed by atoms with Gasteiger partial charge in [-0.25, -0.2) is 8.42 Å². The van der Waals surface area contributed by atoms with E-state index in [-0.39, 0.29) is 18.0 Å². The molecule has 0 aliphatic carbocycles. The number of halogens is 1. The highest BCUT2D eigenvalue weighted by Crippen LogP contribution is 2.22. The lowest BCUT2D eigenvalue weighted by Gasteiger charge is -2.22. The zero-order valence-electron chi connectivity index (χ0n) is 17.7. The van der Waals surface area contributed by atoms with Gasteiger partial charge in [0.15, 0.2) is 0 Å². The van der Waals surface area contributed by atoms with Gasteiger partial charge < -0.3 is 5.32 Å². The maximum absolute atomic E-state index is 13.4. The molecule has 0 spiro atoms. The summed E-state index contributed by atoms with van der Waals surface area (Å²) in [6.45, 7) is 5.44. The smallest absolute Gasteiger partial charge is 0.243 e. The summed E-state index contributed by atoms with van der Waals surface area (Å²) in [5, 5.41) is 3.27. The second-order valence-electron chi connectivity index (χ2n) is 7.58. The van der Waals surface area contributed by atoms with Crippen LogP contribution in [0, 0.1) is 20.8 Å². The molecule has 0 saturated heterocycles. The van der Waals surface area contributed by atoms with Crippen molar-refractivity contribution in [3.63, 3.8) is 0 Å². The van der Waals surface area contributed by atoms with E-state index < -0.39 is 15.9 Å². The molecule has 0 saturated carbocycles. The molecule has 0 unspecified atom stereocenters. The summed E-state index contributed by atoms with van der Waals surface area (Å²) in [5.74, 6) is -0.436. The van der Waals surface area contributed by atoms with Gasteiger partial charge in [0.05, 0.1) is 11.4 Å². The van der Waals surface area contributed by atoms with Crippen molar-refractivity contribution in [3.05, 3.63) is 94.0 Å². The van der Waals surface area contributed by atoms with Crippen LogP contribution in [-0.2, 0) is 21.4 Å². The van der Waals surface area contributed by atoms with Crippen LogP contribution in [-0.4, -0.2) is 25.2 Å². The average Bonchev–Trinajstić information content (AvgIpc) is 2.70. The molecule has 0 heterocycles. The minimum atomic E-state index is -3.89. The van der Waals surface area contributed by atoms with Crippen molar-refractivity contribution < 1.29 is 13.2 Å². The number of nitrogens with one attached hydrogen (secondary N) is 1. The molecule has 3 rings (SSSR count). The van der Waals surface area contributed by atoms with Gasteiger partial charge in [-0.15, -0.1) is 0 Å². The third-order valence-electron chi connectivity index (χ3n) is 4.89. The Labute approximate surface area is 188 Å². The highest BCUT2D eigenvalue weighted by Gasteiger charge is 2.27. The molecule has 0 radical (unpaired) electrons. The highest BCUT2D eigenvalue weighted by molar-refractivity contribution is 7.89. The zero-order chi connectivity index (χ0) is 22.6. The highest BCUT2D eigenvalue weighted by atomic mass is 35.5. The first kappa shape index (κ1) is 23.0. The number of carbonyl (C=O) groups excluding carboxylic acids is 1. The molecule has 3 aromatic rings. The van der Waals surface area contributed by atoms with Crippen molar-refractivity contribution in [2.75, 3.05) is 11.9 Å². The van der Waals surface area contributed by atoms with Crippen molar-refractivity contribution in [2.24, 2.45) is 0 Å². The summed E-state index contributed by atoms with van der Waals surface area (Å²) < 4.78 is 27.9. The standard InChI is InChI=1S/C24H25ClN2O3S/c1-17-7-11-22(12-8-17)31(29,30)27(15-20-6-4-5-18(2)13-20)16-24(28)26-23-14-21(25)10-9-19(23)3/h4-14H,15-16H2,1-3H3,(H,26,28). The van der Waals surface area contributed by atoms with E-state index in [0.29, 0.717) is 10.7 Å². The second kappa shape index (κ2) is 9.64. The molecule has 0 fully saturated rings. The molecule has 5 nitrogen and oxygen atoms in total. The summed E-state index contributed by atoms with van der Waals surface area (Å²) in [7, 11) is -3.89. The lowest BCUT2D eigenvalue weighted by molar-refractivity contribution is -0.116. The van der Waals surface area contributed by atoms with Gasteiger partial charge in [0.25, 0.3) is 0 Å². The fraction of sp³-hybridized carbons (Fsp3) is 0.208. The molecule has 0 aliphatic heterocycles. The Morgan fingerprint density at radius 2 is 1.65 bits per heavy atom. The predicted octanol–water partition coefficient (Wildman–Crippen LogP) is 5.09. The van der Waals surface area contributed by atoms with Gasteiger partial charge in [0, 0.05) is 17.3 Å². The molecule has 162 valence electrons. The topological polar surface area (TPSA) is 66.5 Å². The minimum absolute atomic E-state index is 0.0832. The Balaban J connectivity index is 1.90. The van der Waals surface area contributed by atoms with Crippen LogP contribution < -0.4 is 5.32 Å². The molecule has 7 heteroatoms. The lowest BCUT2D eigenvalue weighted by Crippen LogP contribution is -2.37. The number of rotatable bonds is 7. The van der Waals surface area contributed by atoms with E-state index in [4.69, 9.17) is 11.6 Å². The van der Waals surface area contributed by atoms with Gasteiger partial charge in [0.1, 0.15) is 0 Å². The maximum atomic E-state index is 13.4. The molecule has 0 atom stereocenters. The predicted molar refractivity (Wildman–Crippen MR) is 125 cm³/mol. The number of nitrogens with zero attached hydrogens (tertiary/aromatic N) is 1. The number of hydrogen-bond acceptors (Lipinski definition) is 3. The summed E-state index contributed by atoms with van der Waals surface area (Å²) in [4.78, 5) is 13.0. The van der Waals surface area contributed by atoms with E-state index in [0.717, 1.165) is 22.3 Å². The van der Waals surface area contributed by atoms with Crippen molar-refractivity contribution >= 4 is 33.2 Å². The Morgan fingerprint density at radius 1 is 0.935 bits per heavy atom. The molecule has 1 N–H and O–H groups in total. The van der Waals surface area contributed by atoms with Crippen LogP contribution in [0.2, 0.25) is 5.02 Å². The van der Waals surface area contributed by atoms with Gasteiger partial charge in [-0.3, -0.25) is 4.79 Å². The normalized spacial score (nSPS) is 11.5. The third-order valence-corrected chi connectivity index (χ3v) is 6.93. The van der Waals surface area contributed by atoms with Crippen molar-refractivity contribution in [2.45, 2.75) is 32.2 Å². The number of sulfonamides is 1. The molecule has 0 aromatic heterocycles. The monoisotopic (exact) mass is 456 g/mol. The molecular formula is C24H25ClN2O3S. The first-order valence-electron chi connectivity index (χ1n) is 9.83. The summed E-state index contributed by atoms with van der Waals surface area (Å²) >= 11 is 6.04. The van der Waals surface area contributed by atoms with Crippen LogP contribution in [0.25, 0.3) is 0 Å². The van der Waals surface area contributed by atoms with Crippen LogP contribution in [0.15, 0.2) is 71.6 Å². The molecule has 31 heavy (non-hydrogen) atoms. The number of amides is 1. The minimum Gasteiger partial charge on any atom is -0.325 e. The summed E-state index contributed by atoms with van der Waals surface area (Å²) in [5.41, 5.74) is 4.18. The van der Waals surface area contributed by atoms with Crippen LogP contribution in [0.5, 0.6) is 0 Å². The van der Waals surface area contributed by atoms with Crippen LogP contribution in [0.1, 0.15) is 22.3 Å². The number of aryl methyl sites for hydroxylation is 3. The largest absolute Gasteiger partial charge is 0.325 e. The first-order chi connectivity index (χ1) is 14.6. The first-order valence-corrected chi connectivity index (χ1v) is 11.7. The van der Waals surface area contributed by atoms with Gasteiger partial charge in [0.2, 0.25) is 15.9 Å². The Kier molecular flexibility index (Phi) is 7.15. The van der Waals surface area contributed by atoms with E-state index in [1.54, 1.807) is 42.5 Å². The van der Waals surface area contributed by atoms with Crippen molar-refractivity contribution in [3.8, 4) is 0 Å². The Morgan fingerprint density at radius 3 is 2.32 bits per heavy atom. The van der Waals surface area contributed by atoms with Gasteiger partial charge in [-0.05, 0) is 56.2 Å². The molecular weight excluding hydrogens is 432 g/mol. The van der Waals surface area contributed by atoms with Crippen molar-refractivity contribution in [1.82, 2.24) is 4.31 Å². The van der Waals surface area contributed by atoms with E-state index in [1.807, 2.05) is 45.0 Å². The van der Waals surface area contributed by atoms with Crippen LogP contribution in [0.4, 0.5) is 5.69 Å². The SMILES string of the molecule is Cc1ccc(S(=O)(=O)N(CC(=O)Nc2cc(Cl)ccc2C)Cc2cccc(C)c2)cc1. The third kappa shape index (κ3) is 5.94. The number of carbonyl (C=O) groups is 1.